The molecule has 2 aromatic carbocycles. The van der Waals surface area contributed by atoms with Gasteiger partial charge in [0, 0.05) is 17.2 Å². The third-order valence-corrected chi connectivity index (χ3v) is 4.26. The van der Waals surface area contributed by atoms with E-state index in [1.165, 1.54) is 22.3 Å². The van der Waals surface area contributed by atoms with Crippen molar-refractivity contribution in [3.8, 4) is 0 Å². The van der Waals surface area contributed by atoms with Crippen LogP contribution >= 0.6 is 15.9 Å². The van der Waals surface area contributed by atoms with Crippen molar-refractivity contribution in [1.29, 1.82) is 0 Å². The Bertz CT molecular complexity index is 782. The molecule has 0 fully saturated rings. The Hall–Kier alpha value is -1.81. The molecular weight excluding hydrogens is 326 g/mol. The second kappa shape index (κ2) is 5.53. The zero-order chi connectivity index (χ0) is 15.0. The zero-order valence-corrected chi connectivity index (χ0v) is 14.0. The minimum absolute atomic E-state index is 0.717. The van der Waals surface area contributed by atoms with Crippen LogP contribution in [0.4, 0.5) is 5.69 Å². The van der Waals surface area contributed by atoms with Crippen LogP contribution in [-0.4, -0.2) is 9.55 Å². The SMILES string of the molecule is Cc1cc(Br)cc(C)c1NCc1nc2ccccc2n1C. The molecule has 0 saturated heterocycles. The molecule has 0 amide bonds. The maximum atomic E-state index is 4.70. The molecule has 3 nitrogen and oxygen atoms in total. The lowest BCUT2D eigenvalue weighted by molar-refractivity contribution is 0.833. The molecule has 0 atom stereocenters. The van der Waals surface area contributed by atoms with Crippen molar-refractivity contribution in [2.75, 3.05) is 5.32 Å². The van der Waals surface area contributed by atoms with Gasteiger partial charge in [-0.3, -0.25) is 0 Å². The molecule has 0 aliphatic carbocycles. The third-order valence-electron chi connectivity index (χ3n) is 3.80. The van der Waals surface area contributed by atoms with Gasteiger partial charge in [0.2, 0.25) is 0 Å². The number of benzene rings is 2. The summed E-state index contributed by atoms with van der Waals surface area (Å²) in [5.41, 5.74) is 5.87. The predicted octanol–water partition coefficient (Wildman–Crippen LogP) is 4.56. The number of nitrogens with zero attached hydrogens (tertiary/aromatic N) is 2. The number of aryl methyl sites for hydroxylation is 3. The molecule has 0 bridgehead atoms. The molecule has 1 N–H and O–H groups in total. The standard InChI is InChI=1S/C17H18BrN3/c1-11-8-13(18)9-12(2)17(11)19-10-16-20-14-6-4-5-7-15(14)21(16)3/h4-9,19H,10H2,1-3H3. The van der Waals surface area contributed by atoms with E-state index in [0.29, 0.717) is 6.54 Å². The van der Waals surface area contributed by atoms with Gasteiger partial charge in [0.05, 0.1) is 17.6 Å². The average molecular weight is 344 g/mol. The Morgan fingerprint density at radius 3 is 2.48 bits per heavy atom. The van der Waals surface area contributed by atoms with Gasteiger partial charge >= 0.3 is 0 Å². The number of hydrogen-bond donors (Lipinski definition) is 1. The Kier molecular flexibility index (Phi) is 3.72. The van der Waals surface area contributed by atoms with Crippen LogP contribution in [0.1, 0.15) is 17.0 Å². The number of para-hydroxylation sites is 2. The van der Waals surface area contributed by atoms with Crippen LogP contribution in [0.15, 0.2) is 40.9 Å². The van der Waals surface area contributed by atoms with Crippen molar-refractivity contribution in [3.63, 3.8) is 0 Å². The summed E-state index contributed by atoms with van der Waals surface area (Å²) in [7, 11) is 2.06. The van der Waals surface area contributed by atoms with Crippen LogP contribution in [0.25, 0.3) is 11.0 Å². The number of rotatable bonds is 3. The van der Waals surface area contributed by atoms with Gasteiger partial charge in [-0.05, 0) is 49.2 Å². The Labute approximate surface area is 133 Å². The Morgan fingerprint density at radius 1 is 1.14 bits per heavy atom. The third kappa shape index (κ3) is 2.68. The highest BCUT2D eigenvalue weighted by Gasteiger charge is 2.09. The fourth-order valence-corrected chi connectivity index (χ4v) is 3.40. The number of halogens is 1. The normalized spacial score (nSPS) is 11.0. The number of fused-ring (bicyclic) bond motifs is 1. The van der Waals surface area contributed by atoms with E-state index >= 15 is 0 Å². The first-order valence-corrected chi connectivity index (χ1v) is 7.76. The Balaban J connectivity index is 1.89. The smallest absolute Gasteiger partial charge is 0.128 e. The van der Waals surface area contributed by atoms with Gasteiger partial charge in [-0.25, -0.2) is 4.98 Å². The maximum Gasteiger partial charge on any atom is 0.128 e. The van der Waals surface area contributed by atoms with E-state index in [1.54, 1.807) is 0 Å². The summed E-state index contributed by atoms with van der Waals surface area (Å²) in [6, 6.07) is 12.5. The van der Waals surface area contributed by atoms with Crippen LogP contribution in [0, 0.1) is 13.8 Å². The first kappa shape index (κ1) is 14.1. The first-order chi connectivity index (χ1) is 10.1. The fourth-order valence-electron chi connectivity index (χ4n) is 2.71. The predicted molar refractivity (Wildman–Crippen MR) is 91.7 cm³/mol. The van der Waals surface area contributed by atoms with Crippen LogP contribution in [-0.2, 0) is 13.6 Å². The van der Waals surface area contributed by atoms with Gasteiger partial charge in [-0.15, -0.1) is 0 Å². The summed E-state index contributed by atoms with van der Waals surface area (Å²) in [6.45, 7) is 4.96. The van der Waals surface area contributed by atoms with Crippen molar-refractivity contribution in [1.82, 2.24) is 9.55 Å². The fraction of sp³-hybridized carbons (Fsp3) is 0.235. The van der Waals surface area contributed by atoms with E-state index in [0.717, 1.165) is 15.8 Å². The van der Waals surface area contributed by atoms with Crippen molar-refractivity contribution in [2.24, 2.45) is 7.05 Å². The highest BCUT2D eigenvalue weighted by atomic mass is 79.9. The van der Waals surface area contributed by atoms with Gasteiger partial charge < -0.3 is 9.88 Å². The summed E-state index contributed by atoms with van der Waals surface area (Å²) < 4.78 is 3.26. The van der Waals surface area contributed by atoms with Crippen LogP contribution < -0.4 is 5.32 Å². The van der Waals surface area contributed by atoms with Crippen LogP contribution in [0.2, 0.25) is 0 Å². The summed E-state index contributed by atoms with van der Waals surface area (Å²) >= 11 is 3.53. The number of aromatic nitrogens is 2. The molecule has 0 saturated carbocycles. The molecule has 0 aliphatic heterocycles. The topological polar surface area (TPSA) is 29.9 Å². The number of anilines is 1. The lowest BCUT2D eigenvalue weighted by Crippen LogP contribution is -2.08. The summed E-state index contributed by atoms with van der Waals surface area (Å²) in [5, 5.41) is 3.52. The maximum absolute atomic E-state index is 4.70. The summed E-state index contributed by atoms with van der Waals surface area (Å²) in [5.74, 6) is 1.04. The molecule has 0 radical (unpaired) electrons. The first-order valence-electron chi connectivity index (χ1n) is 6.97. The van der Waals surface area contributed by atoms with E-state index in [9.17, 15) is 0 Å². The van der Waals surface area contributed by atoms with E-state index in [-0.39, 0.29) is 0 Å². The van der Waals surface area contributed by atoms with Crippen molar-refractivity contribution in [2.45, 2.75) is 20.4 Å². The van der Waals surface area contributed by atoms with Gasteiger partial charge in [0.1, 0.15) is 5.82 Å². The monoisotopic (exact) mass is 343 g/mol. The molecular formula is C17H18BrN3. The van der Waals surface area contributed by atoms with Gasteiger partial charge in [-0.1, -0.05) is 28.1 Å². The molecule has 0 unspecified atom stereocenters. The molecule has 0 spiro atoms. The largest absolute Gasteiger partial charge is 0.377 e. The lowest BCUT2D eigenvalue weighted by atomic mass is 10.1. The van der Waals surface area contributed by atoms with Gasteiger partial charge in [-0.2, -0.15) is 0 Å². The zero-order valence-electron chi connectivity index (χ0n) is 12.4. The molecule has 3 rings (SSSR count). The highest BCUT2D eigenvalue weighted by Crippen LogP contribution is 2.25. The van der Waals surface area contributed by atoms with E-state index in [2.05, 4.69) is 71.0 Å². The van der Waals surface area contributed by atoms with Crippen LogP contribution in [0.3, 0.4) is 0 Å². The number of hydrogen-bond acceptors (Lipinski definition) is 2. The molecule has 21 heavy (non-hydrogen) atoms. The van der Waals surface area contributed by atoms with Gasteiger partial charge in [0.15, 0.2) is 0 Å². The second-order valence-corrected chi connectivity index (χ2v) is 6.26. The highest BCUT2D eigenvalue weighted by molar-refractivity contribution is 9.10. The van der Waals surface area contributed by atoms with Gasteiger partial charge in [0.25, 0.3) is 0 Å². The lowest BCUT2D eigenvalue weighted by Gasteiger charge is -2.13. The quantitative estimate of drug-likeness (QED) is 0.755. The molecule has 4 heteroatoms. The Morgan fingerprint density at radius 2 is 1.81 bits per heavy atom. The molecule has 1 heterocycles. The number of nitrogens with one attached hydrogen (secondary N) is 1. The molecule has 3 aromatic rings. The summed E-state index contributed by atoms with van der Waals surface area (Å²) in [4.78, 5) is 4.70. The minimum atomic E-state index is 0.717. The molecule has 1 aromatic heterocycles. The van der Waals surface area contributed by atoms with E-state index in [4.69, 9.17) is 4.98 Å². The average Bonchev–Trinajstić information content (AvgIpc) is 2.75. The van der Waals surface area contributed by atoms with E-state index < -0.39 is 0 Å². The van der Waals surface area contributed by atoms with Crippen LogP contribution in [0.5, 0.6) is 0 Å². The van der Waals surface area contributed by atoms with E-state index in [1.807, 2.05) is 12.1 Å². The minimum Gasteiger partial charge on any atom is -0.377 e. The van der Waals surface area contributed by atoms with Crippen molar-refractivity contribution in [3.05, 3.63) is 57.8 Å². The molecule has 108 valence electrons. The number of imidazole rings is 1. The second-order valence-electron chi connectivity index (χ2n) is 5.34. The summed E-state index contributed by atoms with van der Waals surface area (Å²) in [6.07, 6.45) is 0. The van der Waals surface area contributed by atoms with Crippen molar-refractivity contribution < 1.29 is 0 Å². The molecule has 0 aliphatic rings. The van der Waals surface area contributed by atoms with Crippen molar-refractivity contribution >= 4 is 32.7 Å².